The average Bonchev–Trinajstić information content (AvgIpc) is 2.87. The van der Waals surface area contributed by atoms with E-state index in [0.29, 0.717) is 11.7 Å². The summed E-state index contributed by atoms with van der Waals surface area (Å²) in [5, 5.41) is 0. The molecule has 0 radical (unpaired) electrons. The molecule has 1 aromatic rings. The smallest absolute Gasteiger partial charge is 0.183 e. The van der Waals surface area contributed by atoms with Gasteiger partial charge in [-0.2, -0.15) is 0 Å². The molecule has 0 saturated heterocycles. The summed E-state index contributed by atoms with van der Waals surface area (Å²) in [6.07, 6.45) is 8.27. The number of hydrogen-bond donors (Lipinski definition) is 0. The van der Waals surface area contributed by atoms with E-state index in [0.717, 1.165) is 18.4 Å². The van der Waals surface area contributed by atoms with E-state index in [-0.39, 0.29) is 5.54 Å². The Labute approximate surface area is 122 Å². The number of nitrogens with zero attached hydrogens (tertiary/aromatic N) is 1. The Balaban J connectivity index is 1.89. The summed E-state index contributed by atoms with van der Waals surface area (Å²) in [6.45, 7) is 0. The van der Waals surface area contributed by atoms with Gasteiger partial charge in [0.05, 0.1) is 5.54 Å². The lowest BCUT2D eigenvalue weighted by Crippen LogP contribution is -2.48. The van der Waals surface area contributed by atoms with Crippen molar-refractivity contribution < 1.29 is 4.79 Å². The van der Waals surface area contributed by atoms with Gasteiger partial charge in [0.15, 0.2) is 5.78 Å². The molecule has 0 aromatic heterocycles. The first-order valence-electron chi connectivity index (χ1n) is 7.96. The Morgan fingerprint density at radius 3 is 2.40 bits per heavy atom. The molecule has 0 N–H and O–H groups in total. The number of hydrogen-bond acceptors (Lipinski definition) is 2. The van der Waals surface area contributed by atoms with Crippen LogP contribution in [0.3, 0.4) is 0 Å². The van der Waals surface area contributed by atoms with Gasteiger partial charge in [-0.25, -0.2) is 0 Å². The fourth-order valence-corrected chi connectivity index (χ4v) is 3.78. The highest BCUT2D eigenvalue weighted by molar-refractivity contribution is 6.03. The van der Waals surface area contributed by atoms with Crippen LogP contribution in [0, 0.1) is 0 Å². The molecule has 2 heteroatoms. The third kappa shape index (κ3) is 2.20. The highest BCUT2D eigenvalue weighted by Gasteiger charge is 2.43. The zero-order chi connectivity index (χ0) is 14.2. The van der Waals surface area contributed by atoms with Gasteiger partial charge >= 0.3 is 0 Å². The molecule has 0 unspecified atom stereocenters. The second kappa shape index (κ2) is 5.33. The molecule has 0 heterocycles. The Morgan fingerprint density at radius 2 is 1.85 bits per heavy atom. The SMILES string of the molecule is CN(C)C1(C(=O)c2cccc(C3CCC3)c2)CCCC1. The van der Waals surface area contributed by atoms with E-state index in [9.17, 15) is 4.79 Å². The van der Waals surface area contributed by atoms with Gasteiger partial charge in [-0.1, -0.05) is 37.5 Å². The summed E-state index contributed by atoms with van der Waals surface area (Å²) in [6, 6.07) is 8.43. The van der Waals surface area contributed by atoms with E-state index >= 15 is 0 Å². The molecule has 2 fully saturated rings. The van der Waals surface area contributed by atoms with Crippen LogP contribution in [0.4, 0.5) is 0 Å². The third-order valence-corrected chi connectivity index (χ3v) is 5.43. The lowest BCUT2D eigenvalue weighted by molar-refractivity contribution is 0.0693. The Hall–Kier alpha value is -1.15. The highest BCUT2D eigenvalue weighted by Crippen LogP contribution is 2.39. The number of carbonyl (C=O) groups is 1. The van der Waals surface area contributed by atoms with E-state index < -0.39 is 0 Å². The fraction of sp³-hybridized carbons (Fsp3) is 0.611. The maximum absolute atomic E-state index is 13.0. The minimum Gasteiger partial charge on any atom is -0.297 e. The van der Waals surface area contributed by atoms with Crippen LogP contribution < -0.4 is 0 Å². The summed E-state index contributed by atoms with van der Waals surface area (Å²) in [5.41, 5.74) is 2.04. The first-order valence-corrected chi connectivity index (χ1v) is 7.96. The van der Waals surface area contributed by atoms with Crippen LogP contribution in [0.2, 0.25) is 0 Å². The standard InChI is InChI=1S/C18H25NO/c1-19(2)18(11-3-4-12-18)17(20)16-10-6-9-15(13-16)14-7-5-8-14/h6,9-10,13-14H,3-5,7-8,11-12H2,1-2H3. The van der Waals surface area contributed by atoms with Crippen molar-refractivity contribution in [2.45, 2.75) is 56.4 Å². The summed E-state index contributed by atoms with van der Waals surface area (Å²) in [4.78, 5) is 15.2. The van der Waals surface area contributed by atoms with Crippen LogP contribution in [-0.2, 0) is 0 Å². The molecule has 2 aliphatic rings. The predicted octanol–water partition coefficient (Wildman–Crippen LogP) is 4.01. The van der Waals surface area contributed by atoms with Crippen molar-refractivity contribution >= 4 is 5.78 Å². The van der Waals surface area contributed by atoms with Crippen molar-refractivity contribution in [3.05, 3.63) is 35.4 Å². The maximum Gasteiger partial charge on any atom is 0.183 e. The third-order valence-electron chi connectivity index (χ3n) is 5.43. The zero-order valence-electron chi connectivity index (χ0n) is 12.7. The van der Waals surface area contributed by atoms with Gasteiger partial charge in [0.2, 0.25) is 0 Å². The molecule has 0 amide bonds. The molecule has 0 atom stereocenters. The summed E-state index contributed by atoms with van der Waals surface area (Å²) in [7, 11) is 4.11. The first-order chi connectivity index (χ1) is 9.63. The molecule has 3 rings (SSSR count). The van der Waals surface area contributed by atoms with Gasteiger partial charge in [0.1, 0.15) is 0 Å². The minimum atomic E-state index is -0.252. The molecule has 1 aromatic carbocycles. The quantitative estimate of drug-likeness (QED) is 0.771. The van der Waals surface area contributed by atoms with Crippen molar-refractivity contribution in [3.8, 4) is 0 Å². The normalized spacial score (nSPS) is 21.9. The molecule has 0 spiro atoms. The van der Waals surface area contributed by atoms with E-state index in [4.69, 9.17) is 0 Å². The number of rotatable bonds is 4. The van der Waals surface area contributed by atoms with Crippen molar-refractivity contribution in [1.29, 1.82) is 0 Å². The van der Waals surface area contributed by atoms with Crippen LogP contribution in [0.15, 0.2) is 24.3 Å². The average molecular weight is 271 g/mol. The van der Waals surface area contributed by atoms with E-state index in [2.05, 4.69) is 37.2 Å². The highest BCUT2D eigenvalue weighted by atomic mass is 16.1. The summed E-state index contributed by atoms with van der Waals surface area (Å²) >= 11 is 0. The molecule has 2 aliphatic carbocycles. The van der Waals surface area contributed by atoms with Crippen LogP contribution >= 0.6 is 0 Å². The fourth-order valence-electron chi connectivity index (χ4n) is 3.78. The summed E-state index contributed by atoms with van der Waals surface area (Å²) < 4.78 is 0. The van der Waals surface area contributed by atoms with Gasteiger partial charge < -0.3 is 0 Å². The van der Waals surface area contributed by atoms with Crippen molar-refractivity contribution in [1.82, 2.24) is 4.90 Å². The molecular formula is C18H25NO. The molecule has 20 heavy (non-hydrogen) atoms. The van der Waals surface area contributed by atoms with Crippen LogP contribution in [0.25, 0.3) is 0 Å². The molecule has 2 saturated carbocycles. The molecule has 2 nitrogen and oxygen atoms in total. The van der Waals surface area contributed by atoms with Gasteiger partial charge in [-0.15, -0.1) is 0 Å². The van der Waals surface area contributed by atoms with E-state index in [1.807, 2.05) is 6.07 Å². The number of Topliss-reactive ketones (excluding diaryl/α,β-unsaturated/α-hetero) is 1. The van der Waals surface area contributed by atoms with Gasteiger partial charge in [0, 0.05) is 5.56 Å². The molecule has 0 bridgehead atoms. The van der Waals surface area contributed by atoms with Crippen molar-refractivity contribution in [2.24, 2.45) is 0 Å². The topological polar surface area (TPSA) is 20.3 Å². The number of ketones is 1. The van der Waals surface area contributed by atoms with Gasteiger partial charge in [-0.05, 0) is 57.3 Å². The molecule has 0 aliphatic heterocycles. The minimum absolute atomic E-state index is 0.252. The van der Waals surface area contributed by atoms with Gasteiger partial charge in [0.25, 0.3) is 0 Å². The van der Waals surface area contributed by atoms with Crippen molar-refractivity contribution in [2.75, 3.05) is 14.1 Å². The molecule has 108 valence electrons. The largest absolute Gasteiger partial charge is 0.297 e. The number of carbonyl (C=O) groups excluding carboxylic acids is 1. The Kier molecular flexibility index (Phi) is 3.68. The van der Waals surface area contributed by atoms with Crippen molar-refractivity contribution in [3.63, 3.8) is 0 Å². The van der Waals surface area contributed by atoms with Gasteiger partial charge in [-0.3, -0.25) is 9.69 Å². The first kappa shape index (κ1) is 13.8. The number of likely N-dealkylation sites (N-methyl/N-ethyl adjacent to an activating group) is 1. The zero-order valence-corrected chi connectivity index (χ0v) is 12.7. The van der Waals surface area contributed by atoms with E-state index in [1.165, 1.54) is 37.7 Å². The second-order valence-electron chi connectivity index (χ2n) is 6.72. The lowest BCUT2D eigenvalue weighted by Gasteiger charge is -2.35. The van der Waals surface area contributed by atoms with Crippen LogP contribution in [0.1, 0.15) is 66.8 Å². The second-order valence-corrected chi connectivity index (χ2v) is 6.72. The Bertz CT molecular complexity index is 496. The lowest BCUT2D eigenvalue weighted by atomic mass is 9.78. The molecular weight excluding hydrogens is 246 g/mol. The number of benzene rings is 1. The van der Waals surface area contributed by atoms with E-state index in [1.54, 1.807) is 0 Å². The maximum atomic E-state index is 13.0. The van der Waals surface area contributed by atoms with Crippen LogP contribution in [-0.4, -0.2) is 30.3 Å². The van der Waals surface area contributed by atoms with Crippen LogP contribution in [0.5, 0.6) is 0 Å². The Morgan fingerprint density at radius 1 is 1.15 bits per heavy atom. The predicted molar refractivity (Wildman–Crippen MR) is 82.3 cm³/mol. The monoisotopic (exact) mass is 271 g/mol. The summed E-state index contributed by atoms with van der Waals surface area (Å²) in [5.74, 6) is 1.03.